The van der Waals surface area contributed by atoms with Gasteiger partial charge in [0.25, 0.3) is 0 Å². The van der Waals surface area contributed by atoms with Gasteiger partial charge >= 0.3 is 0 Å². The number of nitrogens with two attached hydrogens (primary N) is 1. The standard InChI is InChI=1S/C25H32N4O/c1-19(10-13-26)28-14-11-25(12-15-28)29(18-22-5-3-4-21(16-22)17-27)24-8-6-23(7-9-24)20(2)30/h3-9,16,19,25H,10-15,18,26H2,1-2H3. The molecule has 1 heterocycles. The van der Waals surface area contributed by atoms with E-state index >= 15 is 0 Å². The summed E-state index contributed by atoms with van der Waals surface area (Å²) in [4.78, 5) is 16.7. The van der Waals surface area contributed by atoms with Crippen molar-refractivity contribution in [3.05, 3.63) is 65.2 Å². The van der Waals surface area contributed by atoms with Crippen LogP contribution in [0.2, 0.25) is 0 Å². The van der Waals surface area contributed by atoms with Gasteiger partial charge in [-0.3, -0.25) is 4.79 Å². The Hall–Kier alpha value is -2.68. The van der Waals surface area contributed by atoms with Crippen molar-refractivity contribution >= 4 is 11.5 Å². The number of ketones is 1. The molecule has 2 N–H and O–H groups in total. The second kappa shape index (κ2) is 10.4. The highest BCUT2D eigenvalue weighted by molar-refractivity contribution is 5.94. The Morgan fingerprint density at radius 1 is 1.23 bits per heavy atom. The minimum atomic E-state index is 0.0806. The second-order valence-corrected chi connectivity index (χ2v) is 8.24. The molecule has 2 aromatic carbocycles. The number of likely N-dealkylation sites (tertiary alicyclic amines) is 1. The van der Waals surface area contributed by atoms with E-state index in [1.807, 2.05) is 42.5 Å². The molecule has 1 unspecified atom stereocenters. The molecule has 5 heteroatoms. The first-order chi connectivity index (χ1) is 14.5. The number of piperidine rings is 1. The number of Topliss-reactive ketones (excluding diaryl/α,β-unsaturated/α-hetero) is 1. The molecule has 1 aliphatic rings. The quantitative estimate of drug-likeness (QED) is 0.674. The maximum Gasteiger partial charge on any atom is 0.159 e. The van der Waals surface area contributed by atoms with Crippen LogP contribution >= 0.6 is 0 Å². The van der Waals surface area contributed by atoms with Crippen LogP contribution in [0.15, 0.2) is 48.5 Å². The van der Waals surface area contributed by atoms with Crippen LogP contribution in [-0.2, 0) is 6.54 Å². The van der Waals surface area contributed by atoms with Gasteiger partial charge in [0.1, 0.15) is 0 Å². The minimum absolute atomic E-state index is 0.0806. The Morgan fingerprint density at radius 3 is 2.53 bits per heavy atom. The number of hydrogen-bond acceptors (Lipinski definition) is 5. The molecule has 1 saturated heterocycles. The number of carbonyl (C=O) groups excluding carboxylic acids is 1. The van der Waals surface area contributed by atoms with Gasteiger partial charge in [-0.25, -0.2) is 0 Å². The zero-order valence-corrected chi connectivity index (χ0v) is 18.1. The smallest absolute Gasteiger partial charge is 0.159 e. The molecule has 0 aromatic heterocycles. The van der Waals surface area contributed by atoms with Crippen molar-refractivity contribution in [3.8, 4) is 6.07 Å². The molecule has 3 rings (SSSR count). The van der Waals surface area contributed by atoms with E-state index in [9.17, 15) is 10.1 Å². The molecule has 0 bridgehead atoms. The van der Waals surface area contributed by atoms with Gasteiger partial charge in [-0.1, -0.05) is 12.1 Å². The molecule has 2 aromatic rings. The Kier molecular flexibility index (Phi) is 7.62. The maximum atomic E-state index is 11.7. The van der Waals surface area contributed by atoms with E-state index in [1.54, 1.807) is 6.92 Å². The van der Waals surface area contributed by atoms with Crippen LogP contribution in [-0.4, -0.2) is 42.4 Å². The molecule has 0 radical (unpaired) electrons. The molecule has 158 valence electrons. The zero-order valence-electron chi connectivity index (χ0n) is 18.1. The highest BCUT2D eigenvalue weighted by atomic mass is 16.1. The number of nitrogens with zero attached hydrogens (tertiary/aromatic N) is 3. The third kappa shape index (κ3) is 5.47. The SMILES string of the molecule is CC(=O)c1ccc(N(Cc2cccc(C#N)c2)C2CCN(C(C)CCN)CC2)cc1. The Balaban J connectivity index is 1.81. The van der Waals surface area contributed by atoms with Crippen molar-refractivity contribution in [1.29, 1.82) is 5.26 Å². The summed E-state index contributed by atoms with van der Waals surface area (Å²) in [6, 6.07) is 18.9. The fourth-order valence-electron chi connectivity index (χ4n) is 4.32. The highest BCUT2D eigenvalue weighted by Crippen LogP contribution is 2.27. The van der Waals surface area contributed by atoms with Gasteiger partial charge in [0.05, 0.1) is 11.6 Å². The van der Waals surface area contributed by atoms with Crippen molar-refractivity contribution < 1.29 is 4.79 Å². The molecular formula is C25H32N4O. The molecule has 1 aliphatic heterocycles. The predicted octanol–water partition coefficient (Wildman–Crippen LogP) is 3.97. The molecule has 5 nitrogen and oxygen atoms in total. The van der Waals surface area contributed by atoms with Gasteiger partial charge in [0, 0.05) is 43.0 Å². The first-order valence-electron chi connectivity index (χ1n) is 10.8. The Labute approximate surface area is 180 Å². The van der Waals surface area contributed by atoms with E-state index in [-0.39, 0.29) is 5.78 Å². The number of benzene rings is 2. The fraction of sp³-hybridized carbons (Fsp3) is 0.440. The second-order valence-electron chi connectivity index (χ2n) is 8.24. The molecule has 1 fully saturated rings. The highest BCUT2D eigenvalue weighted by Gasteiger charge is 2.27. The van der Waals surface area contributed by atoms with Gasteiger partial charge in [0.15, 0.2) is 5.78 Å². The zero-order chi connectivity index (χ0) is 21.5. The van der Waals surface area contributed by atoms with Crippen molar-refractivity contribution in [2.24, 2.45) is 5.73 Å². The van der Waals surface area contributed by atoms with Gasteiger partial charge in [-0.15, -0.1) is 0 Å². The first kappa shape index (κ1) is 22.0. The van der Waals surface area contributed by atoms with Crippen LogP contribution in [0.1, 0.15) is 54.6 Å². The van der Waals surface area contributed by atoms with E-state index in [0.717, 1.165) is 62.3 Å². The molecule has 1 atom stereocenters. The van der Waals surface area contributed by atoms with Crippen LogP contribution in [0.5, 0.6) is 0 Å². The third-order valence-electron chi connectivity index (χ3n) is 6.16. The van der Waals surface area contributed by atoms with Gasteiger partial charge in [-0.05, 0) is 81.6 Å². The van der Waals surface area contributed by atoms with Gasteiger partial charge in [0.2, 0.25) is 0 Å². The Bertz CT molecular complexity index is 879. The molecular weight excluding hydrogens is 372 g/mol. The van der Waals surface area contributed by atoms with E-state index in [0.29, 0.717) is 17.6 Å². The lowest BCUT2D eigenvalue weighted by Crippen LogP contribution is -2.47. The number of rotatable bonds is 8. The lowest BCUT2D eigenvalue weighted by molar-refractivity contribution is 0.101. The fourth-order valence-corrected chi connectivity index (χ4v) is 4.32. The van der Waals surface area contributed by atoms with Crippen LogP contribution in [0, 0.1) is 11.3 Å². The summed E-state index contributed by atoms with van der Waals surface area (Å²) in [6.07, 6.45) is 3.20. The van der Waals surface area contributed by atoms with Gasteiger partial charge in [-0.2, -0.15) is 5.26 Å². The summed E-state index contributed by atoms with van der Waals surface area (Å²) in [7, 11) is 0. The van der Waals surface area contributed by atoms with Crippen LogP contribution in [0.25, 0.3) is 0 Å². The summed E-state index contributed by atoms with van der Waals surface area (Å²) in [5.74, 6) is 0.0806. The lowest BCUT2D eigenvalue weighted by atomic mass is 9.98. The lowest BCUT2D eigenvalue weighted by Gasteiger charge is -2.42. The molecule has 0 saturated carbocycles. The van der Waals surface area contributed by atoms with Crippen LogP contribution in [0.3, 0.4) is 0 Å². The maximum absolute atomic E-state index is 11.7. The van der Waals surface area contributed by atoms with Crippen molar-refractivity contribution in [2.45, 2.75) is 51.7 Å². The summed E-state index contributed by atoms with van der Waals surface area (Å²) in [5.41, 5.74) is 9.42. The monoisotopic (exact) mass is 404 g/mol. The summed E-state index contributed by atoms with van der Waals surface area (Å²) >= 11 is 0. The minimum Gasteiger partial charge on any atom is -0.364 e. The first-order valence-corrected chi connectivity index (χ1v) is 10.8. The topological polar surface area (TPSA) is 73.4 Å². The van der Waals surface area contributed by atoms with Crippen LogP contribution < -0.4 is 10.6 Å². The van der Waals surface area contributed by atoms with E-state index < -0.39 is 0 Å². The largest absolute Gasteiger partial charge is 0.364 e. The molecule has 0 aliphatic carbocycles. The average molecular weight is 405 g/mol. The molecule has 30 heavy (non-hydrogen) atoms. The third-order valence-corrected chi connectivity index (χ3v) is 6.16. The predicted molar refractivity (Wildman–Crippen MR) is 122 cm³/mol. The average Bonchev–Trinajstić information content (AvgIpc) is 2.78. The Morgan fingerprint density at radius 2 is 1.93 bits per heavy atom. The van der Waals surface area contributed by atoms with Crippen molar-refractivity contribution in [2.75, 3.05) is 24.5 Å². The van der Waals surface area contributed by atoms with Crippen molar-refractivity contribution in [1.82, 2.24) is 4.90 Å². The van der Waals surface area contributed by atoms with E-state index in [1.165, 1.54) is 0 Å². The summed E-state index contributed by atoms with van der Waals surface area (Å²) < 4.78 is 0. The number of nitriles is 1. The van der Waals surface area contributed by atoms with Gasteiger partial charge < -0.3 is 15.5 Å². The number of carbonyl (C=O) groups is 1. The normalized spacial score (nSPS) is 16.1. The summed E-state index contributed by atoms with van der Waals surface area (Å²) in [6.45, 7) is 7.46. The number of anilines is 1. The summed E-state index contributed by atoms with van der Waals surface area (Å²) in [5, 5.41) is 9.26. The van der Waals surface area contributed by atoms with E-state index in [4.69, 9.17) is 5.73 Å². The van der Waals surface area contributed by atoms with E-state index in [2.05, 4.69) is 28.9 Å². The van der Waals surface area contributed by atoms with Crippen molar-refractivity contribution in [3.63, 3.8) is 0 Å². The number of hydrogen-bond donors (Lipinski definition) is 1. The van der Waals surface area contributed by atoms with Crippen LogP contribution in [0.4, 0.5) is 5.69 Å². The molecule has 0 spiro atoms. The molecule has 0 amide bonds.